The molecule has 0 heterocycles. The van der Waals surface area contributed by atoms with E-state index >= 15 is 0 Å². The molecule has 3 rings (SSSR count). The molecule has 0 saturated heterocycles. The molecule has 3 aromatic rings. The van der Waals surface area contributed by atoms with Crippen LogP contribution in [0.5, 0.6) is 5.75 Å². The maximum atomic E-state index is 9.39. The van der Waals surface area contributed by atoms with Crippen LogP contribution >= 0.6 is 0 Å². The van der Waals surface area contributed by atoms with E-state index in [1.54, 1.807) is 24.3 Å². The molecule has 0 aromatic heterocycles. The zero-order valence-corrected chi connectivity index (χ0v) is 10.7. The third-order valence-corrected chi connectivity index (χ3v) is 3.29. The Morgan fingerprint density at radius 1 is 0.800 bits per heavy atom. The summed E-state index contributed by atoms with van der Waals surface area (Å²) in [6.07, 6.45) is 0. The van der Waals surface area contributed by atoms with Gasteiger partial charge in [0.05, 0.1) is 0 Å². The van der Waals surface area contributed by atoms with Gasteiger partial charge in [0.25, 0.3) is 0 Å². The molecule has 0 atom stereocenters. The Morgan fingerprint density at radius 2 is 1.50 bits per heavy atom. The Bertz CT molecular complexity index is 771. The molecule has 98 valence electrons. The highest BCUT2D eigenvalue weighted by molar-refractivity contribution is 6.19. The minimum absolute atomic E-state index is 0.184. The summed E-state index contributed by atoms with van der Waals surface area (Å²) < 4.78 is 0. The van der Waals surface area contributed by atoms with Gasteiger partial charge in [0.15, 0.2) is 0 Å². The van der Waals surface area contributed by atoms with Gasteiger partial charge in [0.2, 0.25) is 0 Å². The Morgan fingerprint density at radius 3 is 2.25 bits per heavy atom. The molecule has 0 amide bonds. The largest absolute Gasteiger partial charge is 0.508 e. The molecule has 0 radical (unpaired) electrons. The van der Waals surface area contributed by atoms with Crippen LogP contribution < -0.4 is 0 Å². The van der Waals surface area contributed by atoms with E-state index in [0.29, 0.717) is 5.71 Å². The fraction of sp³-hybridized carbons (Fsp3) is 0. The molecule has 3 aromatic carbocycles. The van der Waals surface area contributed by atoms with E-state index in [-0.39, 0.29) is 5.75 Å². The van der Waals surface area contributed by atoms with Crippen LogP contribution in [0.1, 0.15) is 11.1 Å². The maximum Gasteiger partial charge on any atom is 0.117 e. The molecule has 3 heteroatoms. The monoisotopic (exact) mass is 263 g/mol. The van der Waals surface area contributed by atoms with Gasteiger partial charge in [-0.2, -0.15) is 0 Å². The smallest absolute Gasteiger partial charge is 0.117 e. The summed E-state index contributed by atoms with van der Waals surface area (Å²) in [7, 11) is 0. The van der Waals surface area contributed by atoms with Crippen LogP contribution in [0, 0.1) is 0 Å². The molecule has 0 fully saturated rings. The van der Waals surface area contributed by atoms with Crippen LogP contribution in [0.4, 0.5) is 0 Å². The molecule has 0 bridgehead atoms. The van der Waals surface area contributed by atoms with Gasteiger partial charge in [-0.05, 0) is 35.0 Å². The van der Waals surface area contributed by atoms with Gasteiger partial charge in [0, 0.05) is 11.1 Å². The van der Waals surface area contributed by atoms with Crippen molar-refractivity contribution in [3.05, 3.63) is 77.9 Å². The van der Waals surface area contributed by atoms with Gasteiger partial charge < -0.3 is 10.3 Å². The van der Waals surface area contributed by atoms with E-state index in [2.05, 4.69) is 5.16 Å². The summed E-state index contributed by atoms with van der Waals surface area (Å²) in [5.41, 5.74) is 2.10. The molecule has 0 aliphatic carbocycles. The summed E-state index contributed by atoms with van der Waals surface area (Å²) in [6, 6.07) is 20.4. The molecule has 2 N–H and O–H groups in total. The van der Waals surface area contributed by atoms with E-state index < -0.39 is 0 Å². The number of oxime groups is 1. The number of benzene rings is 3. The lowest BCUT2D eigenvalue weighted by atomic mass is 9.96. The van der Waals surface area contributed by atoms with Crippen molar-refractivity contribution in [2.75, 3.05) is 0 Å². The minimum Gasteiger partial charge on any atom is -0.508 e. The predicted octanol–water partition coefficient (Wildman–Crippen LogP) is 3.77. The van der Waals surface area contributed by atoms with Crippen molar-refractivity contribution in [1.29, 1.82) is 0 Å². The SMILES string of the molecule is O/N=C(/c1ccc(O)cc1)c1cccc2ccccc12. The highest BCUT2D eigenvalue weighted by Gasteiger charge is 2.11. The van der Waals surface area contributed by atoms with Crippen LogP contribution in [0.3, 0.4) is 0 Å². The Kier molecular flexibility index (Phi) is 3.09. The van der Waals surface area contributed by atoms with Crippen LogP contribution in [-0.4, -0.2) is 16.0 Å². The van der Waals surface area contributed by atoms with Crippen molar-refractivity contribution in [2.24, 2.45) is 5.16 Å². The molecule has 0 saturated carbocycles. The number of phenols is 1. The van der Waals surface area contributed by atoms with E-state index in [0.717, 1.165) is 21.9 Å². The first-order chi connectivity index (χ1) is 9.79. The number of hydrogen-bond donors (Lipinski definition) is 2. The average Bonchev–Trinajstić information content (AvgIpc) is 2.50. The highest BCUT2D eigenvalue weighted by atomic mass is 16.4. The van der Waals surface area contributed by atoms with Crippen LogP contribution in [0.15, 0.2) is 71.9 Å². The van der Waals surface area contributed by atoms with Gasteiger partial charge in [0.1, 0.15) is 11.5 Å². The average molecular weight is 263 g/mol. The molecule has 0 aliphatic rings. The molecule has 3 nitrogen and oxygen atoms in total. The number of rotatable bonds is 2. The number of nitrogens with zero attached hydrogens (tertiary/aromatic N) is 1. The Hall–Kier alpha value is -2.81. The minimum atomic E-state index is 0.184. The summed E-state index contributed by atoms with van der Waals surface area (Å²) in [5, 5.41) is 24.3. The third kappa shape index (κ3) is 2.10. The topological polar surface area (TPSA) is 52.8 Å². The Labute approximate surface area is 116 Å². The quantitative estimate of drug-likeness (QED) is 0.420. The zero-order valence-electron chi connectivity index (χ0n) is 10.7. The van der Waals surface area contributed by atoms with Gasteiger partial charge in [-0.1, -0.05) is 47.6 Å². The lowest BCUT2D eigenvalue weighted by Crippen LogP contribution is -2.03. The van der Waals surface area contributed by atoms with E-state index in [9.17, 15) is 10.3 Å². The maximum absolute atomic E-state index is 9.39. The van der Waals surface area contributed by atoms with Crippen LogP contribution in [0.25, 0.3) is 10.8 Å². The molecule has 0 aliphatic heterocycles. The van der Waals surface area contributed by atoms with E-state index in [1.807, 2.05) is 42.5 Å². The van der Waals surface area contributed by atoms with Crippen molar-refractivity contribution in [2.45, 2.75) is 0 Å². The fourth-order valence-corrected chi connectivity index (χ4v) is 2.32. The molecular weight excluding hydrogens is 250 g/mol. The Balaban J connectivity index is 2.20. The van der Waals surface area contributed by atoms with Gasteiger partial charge in [-0.3, -0.25) is 0 Å². The standard InChI is InChI=1S/C17H13NO2/c19-14-10-8-13(9-11-14)17(18-20)16-7-3-5-12-4-1-2-6-15(12)16/h1-11,19-20H/b18-17-. The first-order valence-corrected chi connectivity index (χ1v) is 6.29. The lowest BCUT2D eigenvalue weighted by molar-refractivity contribution is 0.319. The van der Waals surface area contributed by atoms with Crippen molar-refractivity contribution in [3.8, 4) is 5.75 Å². The lowest BCUT2D eigenvalue weighted by Gasteiger charge is -2.09. The second-order valence-electron chi connectivity index (χ2n) is 4.52. The van der Waals surface area contributed by atoms with Crippen LogP contribution in [0.2, 0.25) is 0 Å². The second kappa shape index (κ2) is 5.05. The fourth-order valence-electron chi connectivity index (χ4n) is 2.32. The second-order valence-corrected chi connectivity index (χ2v) is 4.52. The third-order valence-electron chi connectivity index (χ3n) is 3.29. The van der Waals surface area contributed by atoms with E-state index in [1.165, 1.54) is 0 Å². The molecule has 0 spiro atoms. The van der Waals surface area contributed by atoms with Crippen LogP contribution in [-0.2, 0) is 0 Å². The number of aromatic hydroxyl groups is 1. The molecule has 0 unspecified atom stereocenters. The first-order valence-electron chi connectivity index (χ1n) is 6.29. The number of phenolic OH excluding ortho intramolecular Hbond substituents is 1. The summed E-state index contributed by atoms with van der Waals surface area (Å²) >= 11 is 0. The van der Waals surface area contributed by atoms with Crippen molar-refractivity contribution < 1.29 is 10.3 Å². The van der Waals surface area contributed by atoms with Crippen molar-refractivity contribution >= 4 is 16.5 Å². The summed E-state index contributed by atoms with van der Waals surface area (Å²) in [4.78, 5) is 0. The number of fused-ring (bicyclic) bond motifs is 1. The van der Waals surface area contributed by atoms with Crippen molar-refractivity contribution in [3.63, 3.8) is 0 Å². The summed E-state index contributed by atoms with van der Waals surface area (Å²) in [6.45, 7) is 0. The van der Waals surface area contributed by atoms with E-state index in [4.69, 9.17) is 0 Å². The normalized spacial score (nSPS) is 11.7. The van der Waals surface area contributed by atoms with Gasteiger partial charge in [-0.15, -0.1) is 0 Å². The summed E-state index contributed by atoms with van der Waals surface area (Å²) in [5.74, 6) is 0.184. The number of hydrogen-bond acceptors (Lipinski definition) is 3. The zero-order chi connectivity index (χ0) is 13.9. The first kappa shape index (κ1) is 12.2. The molecule has 20 heavy (non-hydrogen) atoms. The van der Waals surface area contributed by atoms with Gasteiger partial charge >= 0.3 is 0 Å². The molecular formula is C17H13NO2. The predicted molar refractivity (Wildman–Crippen MR) is 79.5 cm³/mol. The van der Waals surface area contributed by atoms with Crippen molar-refractivity contribution in [1.82, 2.24) is 0 Å². The van der Waals surface area contributed by atoms with Gasteiger partial charge in [-0.25, -0.2) is 0 Å². The highest BCUT2D eigenvalue weighted by Crippen LogP contribution is 2.22.